The van der Waals surface area contributed by atoms with Gasteiger partial charge >= 0.3 is 11.6 Å². The normalized spacial score (nSPS) is 19.8. The molecule has 1 N–H and O–H groups in total. The summed E-state index contributed by atoms with van der Waals surface area (Å²) in [5.41, 5.74) is 0.295. The summed E-state index contributed by atoms with van der Waals surface area (Å²) in [6.45, 7) is 3.35. The SMILES string of the molecule is CCOC(=O)C1=C(C)OC(=N)C(C#N)C1c1cc(=O)oc2ccccc12. The van der Waals surface area contributed by atoms with Gasteiger partial charge in [-0.25, -0.2) is 9.59 Å². The summed E-state index contributed by atoms with van der Waals surface area (Å²) >= 11 is 0. The van der Waals surface area contributed by atoms with Crippen LogP contribution in [0, 0.1) is 22.7 Å². The highest BCUT2D eigenvalue weighted by atomic mass is 16.5. The monoisotopic (exact) mass is 352 g/mol. The van der Waals surface area contributed by atoms with Crippen LogP contribution >= 0.6 is 0 Å². The Morgan fingerprint density at radius 2 is 2.12 bits per heavy atom. The highest BCUT2D eigenvalue weighted by Gasteiger charge is 2.42. The lowest BCUT2D eigenvalue weighted by molar-refractivity contribution is -0.139. The molecule has 132 valence electrons. The molecule has 1 aliphatic rings. The summed E-state index contributed by atoms with van der Waals surface area (Å²) in [5.74, 6) is -2.67. The summed E-state index contributed by atoms with van der Waals surface area (Å²) in [5, 5.41) is 18.2. The summed E-state index contributed by atoms with van der Waals surface area (Å²) in [6, 6.07) is 10.1. The van der Waals surface area contributed by atoms with Gasteiger partial charge in [0, 0.05) is 17.4 Å². The summed E-state index contributed by atoms with van der Waals surface area (Å²) < 4.78 is 15.6. The second kappa shape index (κ2) is 6.84. The second-order valence-electron chi connectivity index (χ2n) is 5.76. The number of hydrogen-bond acceptors (Lipinski definition) is 7. The van der Waals surface area contributed by atoms with Gasteiger partial charge in [0.15, 0.2) is 0 Å². The van der Waals surface area contributed by atoms with E-state index in [1.807, 2.05) is 6.07 Å². The van der Waals surface area contributed by atoms with Crippen LogP contribution in [0.2, 0.25) is 0 Å². The average molecular weight is 352 g/mol. The molecule has 2 unspecified atom stereocenters. The van der Waals surface area contributed by atoms with E-state index in [2.05, 4.69) is 0 Å². The van der Waals surface area contributed by atoms with E-state index in [1.54, 1.807) is 31.2 Å². The number of allylic oxidation sites excluding steroid dienone is 1. The van der Waals surface area contributed by atoms with Gasteiger partial charge in [-0.2, -0.15) is 5.26 Å². The van der Waals surface area contributed by atoms with E-state index in [9.17, 15) is 14.9 Å². The minimum atomic E-state index is -1.07. The van der Waals surface area contributed by atoms with Crippen LogP contribution in [0.25, 0.3) is 11.0 Å². The first-order valence-corrected chi connectivity index (χ1v) is 8.04. The minimum Gasteiger partial charge on any atom is -0.463 e. The van der Waals surface area contributed by atoms with Crippen LogP contribution in [0.4, 0.5) is 0 Å². The third-order valence-corrected chi connectivity index (χ3v) is 4.22. The molecule has 0 spiro atoms. The van der Waals surface area contributed by atoms with Crippen LogP contribution in [0.1, 0.15) is 25.3 Å². The predicted octanol–water partition coefficient (Wildman–Crippen LogP) is 2.86. The van der Waals surface area contributed by atoms with Crippen molar-refractivity contribution >= 4 is 22.8 Å². The molecule has 0 radical (unpaired) electrons. The lowest BCUT2D eigenvalue weighted by Gasteiger charge is -2.30. The van der Waals surface area contributed by atoms with E-state index < -0.39 is 23.4 Å². The lowest BCUT2D eigenvalue weighted by atomic mass is 9.78. The van der Waals surface area contributed by atoms with E-state index in [0.717, 1.165) is 0 Å². The number of nitriles is 1. The second-order valence-corrected chi connectivity index (χ2v) is 5.76. The molecule has 2 aromatic rings. The fourth-order valence-corrected chi connectivity index (χ4v) is 3.16. The Morgan fingerprint density at radius 3 is 2.81 bits per heavy atom. The molecule has 2 atom stereocenters. The van der Waals surface area contributed by atoms with Gasteiger partial charge in [-0.3, -0.25) is 5.41 Å². The van der Waals surface area contributed by atoms with Gasteiger partial charge < -0.3 is 13.9 Å². The van der Waals surface area contributed by atoms with Crippen LogP contribution in [0.15, 0.2) is 50.9 Å². The molecule has 7 heteroatoms. The highest BCUT2D eigenvalue weighted by Crippen LogP contribution is 2.41. The summed E-state index contributed by atoms with van der Waals surface area (Å²) in [6.07, 6.45) is 0. The van der Waals surface area contributed by atoms with Crippen molar-refractivity contribution in [2.24, 2.45) is 5.92 Å². The van der Waals surface area contributed by atoms with Crippen LogP contribution in [-0.4, -0.2) is 18.5 Å². The quantitative estimate of drug-likeness (QED) is 0.671. The van der Waals surface area contributed by atoms with Gasteiger partial charge in [0.2, 0.25) is 5.90 Å². The topological polar surface area (TPSA) is 113 Å². The largest absolute Gasteiger partial charge is 0.463 e. The van der Waals surface area contributed by atoms with Gasteiger partial charge in [0.05, 0.1) is 18.2 Å². The first-order valence-electron chi connectivity index (χ1n) is 8.04. The summed E-state index contributed by atoms with van der Waals surface area (Å²) in [4.78, 5) is 24.6. The van der Waals surface area contributed by atoms with E-state index in [4.69, 9.17) is 19.3 Å². The zero-order valence-electron chi connectivity index (χ0n) is 14.2. The van der Waals surface area contributed by atoms with Crippen molar-refractivity contribution in [1.82, 2.24) is 0 Å². The summed E-state index contributed by atoms with van der Waals surface area (Å²) in [7, 11) is 0. The standard InChI is InChI=1S/C19H16N2O5/c1-3-24-19(23)16-10(2)25-18(21)13(9-20)17(16)12-8-15(22)26-14-7-5-4-6-11(12)14/h4-8,13,17,21H,3H2,1-2H3. The fraction of sp³-hybridized carbons (Fsp3) is 0.263. The first-order chi connectivity index (χ1) is 12.5. The zero-order valence-corrected chi connectivity index (χ0v) is 14.2. The molecule has 2 heterocycles. The Morgan fingerprint density at radius 1 is 1.38 bits per heavy atom. The lowest BCUT2D eigenvalue weighted by Crippen LogP contribution is -2.33. The van der Waals surface area contributed by atoms with Crippen LogP contribution in [0.3, 0.4) is 0 Å². The van der Waals surface area contributed by atoms with Crippen molar-refractivity contribution < 1.29 is 18.7 Å². The zero-order chi connectivity index (χ0) is 18.8. The van der Waals surface area contributed by atoms with Crippen molar-refractivity contribution in [1.29, 1.82) is 10.7 Å². The van der Waals surface area contributed by atoms with Crippen molar-refractivity contribution in [3.8, 4) is 6.07 Å². The Labute approximate surface area is 148 Å². The van der Waals surface area contributed by atoms with Gasteiger partial charge in [-0.1, -0.05) is 18.2 Å². The number of carbonyl (C=O) groups excluding carboxylic acids is 1. The molecule has 0 amide bonds. The van der Waals surface area contributed by atoms with Crippen molar-refractivity contribution in [2.45, 2.75) is 19.8 Å². The molecule has 7 nitrogen and oxygen atoms in total. The molecular weight excluding hydrogens is 336 g/mol. The van der Waals surface area contributed by atoms with E-state index >= 15 is 0 Å². The van der Waals surface area contributed by atoms with Crippen LogP contribution in [0.5, 0.6) is 0 Å². The smallest absolute Gasteiger partial charge is 0.338 e. The third kappa shape index (κ3) is 2.86. The molecule has 0 aliphatic carbocycles. The molecule has 1 aromatic heterocycles. The van der Waals surface area contributed by atoms with Gasteiger partial charge in [0.25, 0.3) is 0 Å². The van der Waals surface area contributed by atoms with Crippen LogP contribution in [-0.2, 0) is 14.3 Å². The number of para-hydroxylation sites is 1. The number of carbonyl (C=O) groups is 1. The van der Waals surface area contributed by atoms with Crippen LogP contribution < -0.4 is 5.63 Å². The number of esters is 1. The maximum Gasteiger partial charge on any atom is 0.338 e. The number of fused-ring (bicyclic) bond motifs is 1. The minimum absolute atomic E-state index is 0.130. The fourth-order valence-electron chi connectivity index (χ4n) is 3.16. The van der Waals surface area contributed by atoms with Gasteiger partial charge in [0.1, 0.15) is 17.3 Å². The first kappa shape index (κ1) is 17.4. The molecule has 1 aromatic carbocycles. The third-order valence-electron chi connectivity index (χ3n) is 4.22. The predicted molar refractivity (Wildman–Crippen MR) is 92.5 cm³/mol. The number of rotatable bonds is 3. The molecule has 3 rings (SSSR count). The molecule has 0 bridgehead atoms. The van der Waals surface area contributed by atoms with E-state index in [0.29, 0.717) is 16.5 Å². The Hall–Kier alpha value is -3.40. The number of nitrogens with zero attached hydrogens (tertiary/aromatic N) is 1. The average Bonchev–Trinajstić information content (AvgIpc) is 2.60. The van der Waals surface area contributed by atoms with Gasteiger partial charge in [-0.05, 0) is 25.5 Å². The van der Waals surface area contributed by atoms with Crippen molar-refractivity contribution in [3.05, 3.63) is 57.6 Å². The maximum atomic E-state index is 12.5. The highest BCUT2D eigenvalue weighted by molar-refractivity contribution is 5.97. The van der Waals surface area contributed by atoms with Crippen molar-refractivity contribution in [3.63, 3.8) is 0 Å². The molecular formula is C19H16N2O5. The number of ether oxygens (including phenoxy) is 2. The van der Waals surface area contributed by atoms with Gasteiger partial charge in [-0.15, -0.1) is 0 Å². The van der Waals surface area contributed by atoms with E-state index in [-0.39, 0.29) is 23.8 Å². The molecule has 0 saturated heterocycles. The molecule has 0 fully saturated rings. The molecule has 26 heavy (non-hydrogen) atoms. The Kier molecular flexibility index (Phi) is 4.59. The number of nitrogens with one attached hydrogen (secondary N) is 1. The maximum absolute atomic E-state index is 12.5. The molecule has 1 aliphatic heterocycles. The van der Waals surface area contributed by atoms with E-state index in [1.165, 1.54) is 13.0 Å². The Bertz CT molecular complexity index is 1030. The molecule has 0 saturated carbocycles. The van der Waals surface area contributed by atoms with Crippen molar-refractivity contribution in [2.75, 3.05) is 6.61 Å². The number of hydrogen-bond donors (Lipinski definition) is 1. The number of benzene rings is 1. The Balaban J connectivity index is 2.33.